The first-order valence-corrected chi connectivity index (χ1v) is 3.78. The molecule has 1 unspecified atom stereocenters. The van der Waals surface area contributed by atoms with Crippen molar-refractivity contribution in [2.24, 2.45) is 5.73 Å². The fraction of sp³-hybridized carbons (Fsp3) is 0.222. The zero-order valence-corrected chi connectivity index (χ0v) is 7.12. The Balaban J connectivity index is 3.13. The first-order valence-electron chi connectivity index (χ1n) is 3.78. The molecule has 4 N–H and O–H groups in total. The van der Waals surface area contributed by atoms with Crippen LogP contribution in [0.1, 0.15) is 24.1 Å². The minimum Gasteiger partial charge on any atom is -0.383 e. The number of anilines is 1. The molecule has 0 aliphatic heterocycles. The van der Waals surface area contributed by atoms with Gasteiger partial charge in [0.25, 0.3) is 0 Å². The Hall–Kier alpha value is -1.35. The molecule has 0 aliphatic rings. The van der Waals surface area contributed by atoms with Gasteiger partial charge in [0.15, 0.2) is 0 Å². The quantitative estimate of drug-likeness (QED) is 0.691. The highest BCUT2D eigenvalue weighted by molar-refractivity contribution is 5.60. The zero-order valence-electron chi connectivity index (χ0n) is 7.12. The lowest BCUT2D eigenvalue weighted by Gasteiger charge is -2.06. The molecular weight excluding hydrogens is 150 g/mol. The van der Waals surface area contributed by atoms with Crippen LogP contribution in [-0.2, 0) is 0 Å². The van der Waals surface area contributed by atoms with E-state index in [0.717, 1.165) is 11.1 Å². The summed E-state index contributed by atoms with van der Waals surface area (Å²) in [4.78, 5) is 4.00. The van der Waals surface area contributed by atoms with E-state index in [1.807, 2.05) is 13.0 Å². The third-order valence-corrected chi connectivity index (χ3v) is 1.72. The molecule has 0 bridgehead atoms. The number of hydrogen-bond acceptors (Lipinski definition) is 3. The summed E-state index contributed by atoms with van der Waals surface area (Å²) in [5.74, 6) is 0.495. The van der Waals surface area contributed by atoms with Crippen molar-refractivity contribution in [2.75, 3.05) is 5.73 Å². The molecule has 0 aliphatic carbocycles. The maximum atomic E-state index is 5.67. The molecule has 0 amide bonds. The van der Waals surface area contributed by atoms with Crippen LogP contribution in [0.15, 0.2) is 18.8 Å². The summed E-state index contributed by atoms with van der Waals surface area (Å²) in [5.41, 5.74) is 13.1. The summed E-state index contributed by atoms with van der Waals surface area (Å²) < 4.78 is 0. The van der Waals surface area contributed by atoms with E-state index in [4.69, 9.17) is 11.5 Å². The van der Waals surface area contributed by atoms with Crippen molar-refractivity contribution in [3.8, 4) is 0 Å². The Bertz CT molecular complexity index is 292. The summed E-state index contributed by atoms with van der Waals surface area (Å²) in [6, 6.07) is 1.89. The van der Waals surface area contributed by atoms with E-state index >= 15 is 0 Å². The van der Waals surface area contributed by atoms with Gasteiger partial charge >= 0.3 is 0 Å². The summed E-state index contributed by atoms with van der Waals surface area (Å²) >= 11 is 0. The van der Waals surface area contributed by atoms with Gasteiger partial charge in [0.2, 0.25) is 0 Å². The minimum atomic E-state index is -0.0169. The molecular formula is C9H13N3. The number of aromatic nitrogens is 1. The second-order valence-corrected chi connectivity index (χ2v) is 2.74. The highest BCUT2D eigenvalue weighted by atomic mass is 14.8. The molecule has 0 fully saturated rings. The highest BCUT2D eigenvalue weighted by Crippen LogP contribution is 2.15. The molecule has 0 saturated heterocycles. The van der Waals surface area contributed by atoms with Crippen LogP contribution < -0.4 is 11.5 Å². The van der Waals surface area contributed by atoms with Gasteiger partial charge in [-0.25, -0.2) is 4.98 Å². The van der Waals surface area contributed by atoms with Gasteiger partial charge in [0, 0.05) is 17.8 Å². The van der Waals surface area contributed by atoms with Crippen LogP contribution in [0.2, 0.25) is 0 Å². The van der Waals surface area contributed by atoms with Crippen molar-refractivity contribution in [1.29, 1.82) is 0 Å². The van der Waals surface area contributed by atoms with Gasteiger partial charge in [0.05, 0.1) is 0 Å². The molecule has 0 saturated carbocycles. The predicted molar refractivity (Wildman–Crippen MR) is 51.3 cm³/mol. The average molecular weight is 163 g/mol. The van der Waals surface area contributed by atoms with Gasteiger partial charge < -0.3 is 11.5 Å². The van der Waals surface area contributed by atoms with Crippen LogP contribution in [0.5, 0.6) is 0 Å². The van der Waals surface area contributed by atoms with Crippen LogP contribution in [0, 0.1) is 0 Å². The van der Waals surface area contributed by atoms with E-state index in [0.29, 0.717) is 5.82 Å². The summed E-state index contributed by atoms with van der Waals surface area (Å²) in [6.07, 6.45) is 3.36. The topological polar surface area (TPSA) is 64.9 Å². The van der Waals surface area contributed by atoms with Crippen LogP contribution in [0.3, 0.4) is 0 Å². The molecule has 3 nitrogen and oxygen atoms in total. The number of nitrogen functional groups attached to an aromatic ring is 1. The van der Waals surface area contributed by atoms with E-state index in [2.05, 4.69) is 11.6 Å². The first-order chi connectivity index (χ1) is 5.65. The maximum absolute atomic E-state index is 5.67. The van der Waals surface area contributed by atoms with Gasteiger partial charge in [-0.05, 0) is 18.6 Å². The Morgan fingerprint density at radius 3 is 2.83 bits per heavy atom. The fourth-order valence-corrected chi connectivity index (χ4v) is 0.922. The summed E-state index contributed by atoms with van der Waals surface area (Å²) in [7, 11) is 0. The number of nitrogens with two attached hydrogens (primary N) is 2. The summed E-state index contributed by atoms with van der Waals surface area (Å²) in [6.45, 7) is 5.53. The van der Waals surface area contributed by atoms with Crippen LogP contribution in [0.4, 0.5) is 5.82 Å². The fourth-order valence-electron chi connectivity index (χ4n) is 0.922. The lowest BCUT2D eigenvalue weighted by Crippen LogP contribution is -2.06. The van der Waals surface area contributed by atoms with Crippen molar-refractivity contribution in [1.82, 2.24) is 4.98 Å². The molecule has 3 heteroatoms. The second-order valence-electron chi connectivity index (χ2n) is 2.74. The molecule has 1 rings (SSSR count). The number of pyridine rings is 1. The van der Waals surface area contributed by atoms with E-state index in [1.165, 1.54) is 0 Å². The van der Waals surface area contributed by atoms with E-state index < -0.39 is 0 Å². The van der Waals surface area contributed by atoms with Gasteiger partial charge in [-0.2, -0.15) is 0 Å². The van der Waals surface area contributed by atoms with E-state index in [9.17, 15) is 0 Å². The zero-order chi connectivity index (χ0) is 9.14. The Morgan fingerprint density at radius 1 is 1.67 bits per heavy atom. The second kappa shape index (κ2) is 3.36. The van der Waals surface area contributed by atoms with Crippen molar-refractivity contribution in [3.63, 3.8) is 0 Å². The molecule has 1 heterocycles. The normalized spacial score (nSPS) is 12.5. The average Bonchev–Trinajstić information content (AvgIpc) is 2.05. The molecule has 64 valence electrons. The Labute approximate surface area is 72.1 Å². The standard InChI is InChI=1S/C9H13N3/c1-3-7-4-8(6(2)10)5-12-9(7)11/h3-6H,1,10H2,2H3,(H2,11,12). The van der Waals surface area contributed by atoms with Gasteiger partial charge in [-0.3, -0.25) is 0 Å². The van der Waals surface area contributed by atoms with Crippen molar-refractivity contribution < 1.29 is 0 Å². The smallest absolute Gasteiger partial charge is 0.130 e. The van der Waals surface area contributed by atoms with E-state index in [-0.39, 0.29) is 6.04 Å². The number of rotatable bonds is 2. The predicted octanol–water partition coefficient (Wildman–Crippen LogP) is 1.33. The van der Waals surface area contributed by atoms with Crippen LogP contribution >= 0.6 is 0 Å². The molecule has 12 heavy (non-hydrogen) atoms. The van der Waals surface area contributed by atoms with Crippen molar-refractivity contribution >= 4 is 11.9 Å². The van der Waals surface area contributed by atoms with Gasteiger partial charge in [-0.1, -0.05) is 12.7 Å². The monoisotopic (exact) mass is 163 g/mol. The molecule has 0 spiro atoms. The maximum Gasteiger partial charge on any atom is 0.130 e. The van der Waals surface area contributed by atoms with Crippen molar-refractivity contribution in [2.45, 2.75) is 13.0 Å². The largest absolute Gasteiger partial charge is 0.383 e. The van der Waals surface area contributed by atoms with Crippen LogP contribution in [0.25, 0.3) is 6.08 Å². The minimum absolute atomic E-state index is 0.0169. The molecule has 1 atom stereocenters. The van der Waals surface area contributed by atoms with Gasteiger partial charge in [0.1, 0.15) is 5.82 Å². The van der Waals surface area contributed by atoms with Crippen LogP contribution in [-0.4, -0.2) is 4.98 Å². The summed E-state index contributed by atoms with van der Waals surface area (Å²) in [5, 5.41) is 0. The number of nitrogens with zero attached hydrogens (tertiary/aromatic N) is 1. The first kappa shape index (κ1) is 8.74. The molecule has 0 aromatic carbocycles. The van der Waals surface area contributed by atoms with E-state index in [1.54, 1.807) is 12.3 Å². The molecule has 1 aromatic heterocycles. The highest BCUT2D eigenvalue weighted by Gasteiger charge is 2.02. The lowest BCUT2D eigenvalue weighted by molar-refractivity contribution is 0.812. The third kappa shape index (κ3) is 1.62. The van der Waals surface area contributed by atoms with Gasteiger partial charge in [-0.15, -0.1) is 0 Å². The third-order valence-electron chi connectivity index (χ3n) is 1.72. The molecule has 1 aromatic rings. The number of hydrogen-bond donors (Lipinski definition) is 2. The Kier molecular flexibility index (Phi) is 2.45. The SMILES string of the molecule is C=Cc1cc(C(C)N)cnc1N. The Morgan fingerprint density at radius 2 is 2.33 bits per heavy atom. The molecule has 0 radical (unpaired) electrons. The lowest BCUT2D eigenvalue weighted by atomic mass is 10.1. The van der Waals surface area contributed by atoms with Crippen molar-refractivity contribution in [3.05, 3.63) is 30.0 Å².